The van der Waals surface area contributed by atoms with E-state index in [9.17, 15) is 13.2 Å². The predicted molar refractivity (Wildman–Crippen MR) is 66.3 cm³/mol. The first-order chi connectivity index (χ1) is 8.93. The summed E-state index contributed by atoms with van der Waals surface area (Å²) in [7, 11) is 0. The maximum atomic E-state index is 12.5. The molecule has 2 heterocycles. The summed E-state index contributed by atoms with van der Waals surface area (Å²) in [5, 5.41) is -0.0516. The second kappa shape index (κ2) is 5.22. The summed E-state index contributed by atoms with van der Waals surface area (Å²) >= 11 is 5.88. The Kier molecular flexibility index (Phi) is 3.82. The standard InChI is InChI=1S/C12H11ClF3N3/c13-10-6-8(12(14,15)16)7-18-11(10)19-5-1-2-9(19)3-4-17/h1-2,5-7H,3-4,17H2. The predicted octanol–water partition coefficient (Wildman–Crippen LogP) is 3.05. The molecule has 0 saturated heterocycles. The highest BCUT2D eigenvalue weighted by Crippen LogP contribution is 2.32. The highest BCUT2D eigenvalue weighted by Gasteiger charge is 2.31. The fourth-order valence-corrected chi connectivity index (χ4v) is 1.99. The Hall–Kier alpha value is -1.53. The van der Waals surface area contributed by atoms with Crippen molar-refractivity contribution in [2.75, 3.05) is 6.54 Å². The van der Waals surface area contributed by atoms with Crippen LogP contribution in [0.25, 0.3) is 5.82 Å². The van der Waals surface area contributed by atoms with Gasteiger partial charge in [-0.2, -0.15) is 13.2 Å². The van der Waals surface area contributed by atoms with Gasteiger partial charge in [0, 0.05) is 24.5 Å². The zero-order valence-electron chi connectivity index (χ0n) is 9.78. The Morgan fingerprint density at radius 3 is 2.68 bits per heavy atom. The molecule has 0 fully saturated rings. The molecule has 2 N–H and O–H groups in total. The number of hydrogen-bond acceptors (Lipinski definition) is 2. The van der Waals surface area contributed by atoms with Gasteiger partial charge in [-0.1, -0.05) is 11.6 Å². The van der Waals surface area contributed by atoms with Crippen LogP contribution in [0.2, 0.25) is 5.02 Å². The average molecular weight is 290 g/mol. The summed E-state index contributed by atoms with van der Waals surface area (Å²) in [6, 6.07) is 4.46. The number of aromatic nitrogens is 2. The molecule has 3 nitrogen and oxygen atoms in total. The molecule has 102 valence electrons. The number of halogens is 4. The van der Waals surface area contributed by atoms with Gasteiger partial charge in [0.2, 0.25) is 0 Å². The van der Waals surface area contributed by atoms with Crippen LogP contribution in [0.1, 0.15) is 11.3 Å². The van der Waals surface area contributed by atoms with Crippen molar-refractivity contribution in [3.8, 4) is 5.82 Å². The van der Waals surface area contributed by atoms with Crippen molar-refractivity contribution in [1.82, 2.24) is 9.55 Å². The van der Waals surface area contributed by atoms with Crippen LogP contribution in [0.4, 0.5) is 13.2 Å². The van der Waals surface area contributed by atoms with Crippen molar-refractivity contribution in [1.29, 1.82) is 0 Å². The first-order valence-corrected chi connectivity index (χ1v) is 5.90. The summed E-state index contributed by atoms with van der Waals surface area (Å²) < 4.78 is 39.2. The van der Waals surface area contributed by atoms with Crippen LogP contribution in [-0.2, 0) is 12.6 Å². The third-order valence-corrected chi connectivity index (χ3v) is 2.89. The molecule has 0 aliphatic heterocycles. The van der Waals surface area contributed by atoms with E-state index in [0.717, 1.165) is 18.0 Å². The maximum absolute atomic E-state index is 12.5. The van der Waals surface area contributed by atoms with E-state index >= 15 is 0 Å². The van der Waals surface area contributed by atoms with Crippen molar-refractivity contribution in [3.63, 3.8) is 0 Å². The van der Waals surface area contributed by atoms with Gasteiger partial charge in [-0.05, 0) is 24.7 Å². The molecule has 0 aromatic carbocycles. The Labute approximate surface area is 112 Å². The number of rotatable bonds is 3. The van der Waals surface area contributed by atoms with Gasteiger partial charge in [-0.3, -0.25) is 0 Å². The molecule has 2 aromatic heterocycles. The van der Waals surface area contributed by atoms with Crippen molar-refractivity contribution >= 4 is 11.6 Å². The number of pyridine rings is 1. The van der Waals surface area contributed by atoms with Crippen LogP contribution in [0.15, 0.2) is 30.6 Å². The highest BCUT2D eigenvalue weighted by molar-refractivity contribution is 6.32. The molecule has 2 rings (SSSR count). The van der Waals surface area contributed by atoms with E-state index in [-0.39, 0.29) is 10.8 Å². The van der Waals surface area contributed by atoms with Gasteiger partial charge in [-0.15, -0.1) is 0 Å². The number of alkyl halides is 3. The molecule has 0 aliphatic carbocycles. The molecular formula is C12H11ClF3N3. The quantitative estimate of drug-likeness (QED) is 0.944. The van der Waals surface area contributed by atoms with Crippen molar-refractivity contribution in [3.05, 3.63) is 46.9 Å². The lowest BCUT2D eigenvalue weighted by Gasteiger charge is -2.12. The van der Waals surface area contributed by atoms with Gasteiger partial charge in [0.15, 0.2) is 5.82 Å². The summed E-state index contributed by atoms with van der Waals surface area (Å²) in [4.78, 5) is 3.80. The second-order valence-corrected chi connectivity index (χ2v) is 4.34. The maximum Gasteiger partial charge on any atom is 0.417 e. The first kappa shape index (κ1) is 13.9. The van der Waals surface area contributed by atoms with Crippen LogP contribution in [0, 0.1) is 0 Å². The Morgan fingerprint density at radius 1 is 1.37 bits per heavy atom. The van der Waals surface area contributed by atoms with E-state index in [0.29, 0.717) is 13.0 Å². The van der Waals surface area contributed by atoms with E-state index in [2.05, 4.69) is 4.98 Å². The average Bonchev–Trinajstić information content (AvgIpc) is 2.76. The molecule has 0 amide bonds. The molecule has 0 unspecified atom stereocenters. The molecule has 7 heteroatoms. The third-order valence-electron chi connectivity index (χ3n) is 2.61. The Bertz CT molecular complexity index is 578. The van der Waals surface area contributed by atoms with E-state index < -0.39 is 11.7 Å². The first-order valence-electron chi connectivity index (χ1n) is 5.53. The lowest BCUT2D eigenvalue weighted by Crippen LogP contribution is -2.10. The third kappa shape index (κ3) is 2.90. The van der Waals surface area contributed by atoms with Gasteiger partial charge in [0.1, 0.15) is 0 Å². The molecule has 2 aromatic rings. The normalized spacial score (nSPS) is 11.8. The molecule has 0 spiro atoms. The largest absolute Gasteiger partial charge is 0.417 e. The SMILES string of the molecule is NCCc1cccn1-c1ncc(C(F)(F)F)cc1Cl. The number of nitrogens with zero attached hydrogens (tertiary/aromatic N) is 2. The lowest BCUT2D eigenvalue weighted by atomic mass is 10.2. The molecule has 0 aliphatic rings. The zero-order chi connectivity index (χ0) is 14.0. The molecular weight excluding hydrogens is 279 g/mol. The minimum Gasteiger partial charge on any atom is -0.330 e. The van der Waals surface area contributed by atoms with E-state index in [4.69, 9.17) is 17.3 Å². The van der Waals surface area contributed by atoms with Crippen molar-refractivity contribution in [2.45, 2.75) is 12.6 Å². The van der Waals surface area contributed by atoms with Crippen LogP contribution >= 0.6 is 11.6 Å². The minimum atomic E-state index is -4.45. The molecule has 19 heavy (non-hydrogen) atoms. The topological polar surface area (TPSA) is 43.8 Å². The highest BCUT2D eigenvalue weighted by atomic mass is 35.5. The minimum absolute atomic E-state index is 0.0516. The Balaban J connectivity index is 2.44. The fraction of sp³-hybridized carbons (Fsp3) is 0.250. The van der Waals surface area contributed by atoms with Gasteiger partial charge in [0.25, 0.3) is 0 Å². The van der Waals surface area contributed by atoms with E-state index in [1.807, 2.05) is 6.07 Å². The van der Waals surface area contributed by atoms with Crippen LogP contribution < -0.4 is 5.73 Å². The molecule has 0 radical (unpaired) electrons. The van der Waals surface area contributed by atoms with Crippen LogP contribution in [0.3, 0.4) is 0 Å². The number of hydrogen-bond donors (Lipinski definition) is 1. The monoisotopic (exact) mass is 289 g/mol. The Morgan fingerprint density at radius 2 is 2.11 bits per heavy atom. The van der Waals surface area contributed by atoms with Crippen LogP contribution in [0.5, 0.6) is 0 Å². The summed E-state index contributed by atoms with van der Waals surface area (Å²) in [5.41, 5.74) is 5.45. The fourth-order valence-electron chi connectivity index (χ4n) is 1.74. The van der Waals surface area contributed by atoms with E-state index in [1.165, 1.54) is 0 Å². The summed E-state index contributed by atoms with van der Waals surface area (Å²) in [6.45, 7) is 0.433. The lowest BCUT2D eigenvalue weighted by molar-refractivity contribution is -0.137. The van der Waals surface area contributed by atoms with Gasteiger partial charge in [-0.25, -0.2) is 4.98 Å². The smallest absolute Gasteiger partial charge is 0.330 e. The molecule has 0 bridgehead atoms. The van der Waals surface area contributed by atoms with Gasteiger partial charge < -0.3 is 10.3 Å². The summed E-state index contributed by atoms with van der Waals surface area (Å²) in [6.07, 6.45) is -1.40. The zero-order valence-corrected chi connectivity index (χ0v) is 10.5. The van der Waals surface area contributed by atoms with Gasteiger partial charge >= 0.3 is 6.18 Å². The van der Waals surface area contributed by atoms with Crippen molar-refractivity contribution < 1.29 is 13.2 Å². The number of nitrogens with two attached hydrogens (primary N) is 1. The van der Waals surface area contributed by atoms with Gasteiger partial charge in [0.05, 0.1) is 10.6 Å². The second-order valence-electron chi connectivity index (χ2n) is 3.94. The van der Waals surface area contributed by atoms with Crippen molar-refractivity contribution in [2.24, 2.45) is 5.73 Å². The molecule has 0 atom stereocenters. The van der Waals surface area contributed by atoms with E-state index in [1.54, 1.807) is 16.8 Å². The molecule has 0 saturated carbocycles. The van der Waals surface area contributed by atoms with Crippen LogP contribution in [-0.4, -0.2) is 16.1 Å². The summed E-state index contributed by atoms with van der Waals surface area (Å²) in [5.74, 6) is 0.267.